The smallest absolute Gasteiger partial charge is 0.279 e. The van der Waals surface area contributed by atoms with Crippen LogP contribution in [0.25, 0.3) is 0 Å². The molecule has 7 heteroatoms. The van der Waals surface area contributed by atoms with Gasteiger partial charge in [0.25, 0.3) is 5.91 Å². The zero-order valence-electron chi connectivity index (χ0n) is 16.0. The molecule has 3 amide bonds. The van der Waals surface area contributed by atoms with Crippen molar-refractivity contribution in [2.24, 2.45) is 0 Å². The summed E-state index contributed by atoms with van der Waals surface area (Å²) < 4.78 is 5.67. The van der Waals surface area contributed by atoms with Gasteiger partial charge >= 0.3 is 0 Å². The lowest BCUT2D eigenvalue weighted by atomic mass is 10.1. The number of hydrogen-bond donors (Lipinski definition) is 3. The molecule has 7 nitrogen and oxygen atoms in total. The quantitative estimate of drug-likeness (QED) is 0.461. The van der Waals surface area contributed by atoms with E-state index in [1.807, 2.05) is 32.0 Å². The molecule has 1 aromatic carbocycles. The van der Waals surface area contributed by atoms with Crippen molar-refractivity contribution in [3.8, 4) is 5.75 Å². The van der Waals surface area contributed by atoms with Gasteiger partial charge in [-0.05, 0) is 50.8 Å². The Hall–Kier alpha value is -2.57. The number of hydrogen-bond acceptors (Lipinski definition) is 4. The number of carbonyl (C=O) groups is 3. The Morgan fingerprint density at radius 2 is 1.81 bits per heavy atom. The maximum absolute atomic E-state index is 12.0. The molecule has 0 saturated carbocycles. The second kappa shape index (κ2) is 11.1. The predicted octanol–water partition coefficient (Wildman–Crippen LogP) is 1.91. The van der Waals surface area contributed by atoms with E-state index in [0.29, 0.717) is 25.1 Å². The second-order valence-electron chi connectivity index (χ2n) is 6.29. The van der Waals surface area contributed by atoms with Crippen LogP contribution in [0.3, 0.4) is 0 Å². The number of amides is 3. The Kier molecular flexibility index (Phi) is 9.19. The molecule has 3 N–H and O–H groups in total. The van der Waals surface area contributed by atoms with Gasteiger partial charge in [0.15, 0.2) is 6.10 Å². The number of hydrazine groups is 1. The van der Waals surface area contributed by atoms with Crippen LogP contribution in [0.5, 0.6) is 5.75 Å². The van der Waals surface area contributed by atoms with E-state index in [1.165, 1.54) is 6.92 Å². The van der Waals surface area contributed by atoms with Crippen molar-refractivity contribution in [1.29, 1.82) is 0 Å². The SMILES string of the molecule is CC(=O)NCCCCCC(=O)NNC(=O)C(C)Oc1cccc(C)c1C. The van der Waals surface area contributed by atoms with E-state index in [9.17, 15) is 14.4 Å². The molecule has 0 spiro atoms. The van der Waals surface area contributed by atoms with Gasteiger partial charge in [0.2, 0.25) is 11.8 Å². The lowest BCUT2D eigenvalue weighted by molar-refractivity contribution is -0.132. The van der Waals surface area contributed by atoms with Crippen LogP contribution in [0.15, 0.2) is 18.2 Å². The average Bonchev–Trinajstić information content (AvgIpc) is 2.59. The highest BCUT2D eigenvalue weighted by Crippen LogP contribution is 2.21. The van der Waals surface area contributed by atoms with E-state index in [4.69, 9.17) is 4.74 Å². The lowest BCUT2D eigenvalue weighted by Gasteiger charge is -2.17. The maximum atomic E-state index is 12.0. The number of rotatable bonds is 9. The van der Waals surface area contributed by atoms with Crippen molar-refractivity contribution in [1.82, 2.24) is 16.2 Å². The van der Waals surface area contributed by atoms with Crippen molar-refractivity contribution in [3.63, 3.8) is 0 Å². The van der Waals surface area contributed by atoms with Gasteiger partial charge in [-0.3, -0.25) is 25.2 Å². The van der Waals surface area contributed by atoms with E-state index in [2.05, 4.69) is 16.2 Å². The van der Waals surface area contributed by atoms with E-state index in [-0.39, 0.29) is 11.8 Å². The van der Waals surface area contributed by atoms with Gasteiger partial charge in [0.1, 0.15) is 5.75 Å². The fourth-order valence-electron chi connectivity index (χ4n) is 2.24. The number of unbranched alkanes of at least 4 members (excludes halogenated alkanes) is 2. The van der Waals surface area contributed by atoms with E-state index in [0.717, 1.165) is 24.0 Å². The van der Waals surface area contributed by atoms with Gasteiger partial charge < -0.3 is 10.1 Å². The van der Waals surface area contributed by atoms with Crippen LogP contribution in [-0.2, 0) is 14.4 Å². The lowest BCUT2D eigenvalue weighted by Crippen LogP contribution is -2.47. The first-order valence-corrected chi connectivity index (χ1v) is 8.87. The molecule has 0 fully saturated rings. The van der Waals surface area contributed by atoms with Gasteiger partial charge in [-0.1, -0.05) is 18.6 Å². The average molecular weight is 363 g/mol. The fourth-order valence-corrected chi connectivity index (χ4v) is 2.24. The van der Waals surface area contributed by atoms with Crippen LogP contribution in [0.2, 0.25) is 0 Å². The Morgan fingerprint density at radius 1 is 1.08 bits per heavy atom. The number of ether oxygens (including phenoxy) is 1. The minimum Gasteiger partial charge on any atom is -0.481 e. The summed E-state index contributed by atoms with van der Waals surface area (Å²) in [4.78, 5) is 34.5. The third-order valence-corrected chi connectivity index (χ3v) is 4.01. The Balaban J connectivity index is 2.24. The van der Waals surface area contributed by atoms with Gasteiger partial charge in [0, 0.05) is 19.9 Å². The molecule has 144 valence electrons. The standard InChI is InChI=1S/C19H29N3O4/c1-13-9-8-10-17(14(13)2)26-15(3)19(25)22-21-18(24)11-6-5-7-12-20-16(4)23/h8-10,15H,5-7,11-12H2,1-4H3,(H,20,23)(H,21,24)(H,22,25). The molecule has 0 saturated heterocycles. The number of nitrogens with one attached hydrogen (secondary N) is 3. The molecular weight excluding hydrogens is 334 g/mol. The molecule has 1 aromatic rings. The Bertz CT molecular complexity index is 631. The summed E-state index contributed by atoms with van der Waals surface area (Å²) >= 11 is 0. The van der Waals surface area contributed by atoms with Gasteiger partial charge in [0.05, 0.1) is 0 Å². The highest BCUT2D eigenvalue weighted by atomic mass is 16.5. The summed E-state index contributed by atoms with van der Waals surface area (Å²) in [5.41, 5.74) is 6.85. The zero-order chi connectivity index (χ0) is 19.5. The largest absolute Gasteiger partial charge is 0.481 e. The minimum atomic E-state index is -0.728. The van der Waals surface area contributed by atoms with E-state index < -0.39 is 12.0 Å². The van der Waals surface area contributed by atoms with Crippen LogP contribution in [-0.4, -0.2) is 30.4 Å². The van der Waals surface area contributed by atoms with Crippen molar-refractivity contribution in [2.45, 2.75) is 59.5 Å². The van der Waals surface area contributed by atoms with Crippen molar-refractivity contribution < 1.29 is 19.1 Å². The molecule has 0 heterocycles. The molecule has 0 radical (unpaired) electrons. The number of carbonyl (C=O) groups excluding carboxylic acids is 3. The van der Waals surface area contributed by atoms with Crippen molar-refractivity contribution >= 4 is 17.7 Å². The van der Waals surface area contributed by atoms with Gasteiger partial charge in [-0.25, -0.2) is 0 Å². The van der Waals surface area contributed by atoms with Crippen molar-refractivity contribution in [3.05, 3.63) is 29.3 Å². The first-order valence-electron chi connectivity index (χ1n) is 8.87. The minimum absolute atomic E-state index is 0.0531. The van der Waals surface area contributed by atoms with E-state index >= 15 is 0 Å². The molecule has 1 unspecified atom stereocenters. The Morgan fingerprint density at radius 3 is 2.50 bits per heavy atom. The molecule has 1 atom stereocenters. The molecule has 0 aliphatic rings. The van der Waals surface area contributed by atoms with Crippen LogP contribution < -0.4 is 20.9 Å². The molecular formula is C19H29N3O4. The summed E-state index contributed by atoms with van der Waals surface area (Å²) in [7, 11) is 0. The van der Waals surface area contributed by atoms with Crippen LogP contribution >= 0.6 is 0 Å². The first-order chi connectivity index (χ1) is 12.3. The normalized spacial score (nSPS) is 11.4. The summed E-state index contributed by atoms with van der Waals surface area (Å²) in [6.45, 7) is 7.62. The third-order valence-electron chi connectivity index (χ3n) is 4.01. The van der Waals surface area contributed by atoms with Crippen LogP contribution in [0.1, 0.15) is 50.7 Å². The number of aryl methyl sites for hydroxylation is 1. The highest BCUT2D eigenvalue weighted by Gasteiger charge is 2.16. The van der Waals surface area contributed by atoms with Gasteiger partial charge in [-0.15, -0.1) is 0 Å². The van der Waals surface area contributed by atoms with Crippen LogP contribution in [0, 0.1) is 13.8 Å². The molecule has 0 bridgehead atoms. The molecule has 26 heavy (non-hydrogen) atoms. The summed E-state index contributed by atoms with van der Waals surface area (Å²) in [6.07, 6.45) is 1.92. The topological polar surface area (TPSA) is 96.5 Å². The Labute approximate surface area is 154 Å². The third kappa shape index (κ3) is 8.00. The van der Waals surface area contributed by atoms with Crippen LogP contribution in [0.4, 0.5) is 0 Å². The second-order valence-corrected chi connectivity index (χ2v) is 6.29. The molecule has 1 rings (SSSR count). The summed E-state index contributed by atoms with van der Waals surface area (Å²) in [6, 6.07) is 5.66. The number of benzene rings is 1. The molecule has 0 aliphatic carbocycles. The zero-order valence-corrected chi connectivity index (χ0v) is 16.0. The monoisotopic (exact) mass is 363 g/mol. The van der Waals surface area contributed by atoms with Gasteiger partial charge in [-0.2, -0.15) is 0 Å². The van der Waals surface area contributed by atoms with Crippen molar-refractivity contribution in [2.75, 3.05) is 6.54 Å². The highest BCUT2D eigenvalue weighted by molar-refractivity contribution is 5.84. The predicted molar refractivity (Wildman–Crippen MR) is 99.4 cm³/mol. The maximum Gasteiger partial charge on any atom is 0.279 e. The summed E-state index contributed by atoms with van der Waals surface area (Å²) in [5.74, 6) is -0.0671. The van der Waals surface area contributed by atoms with E-state index in [1.54, 1.807) is 6.92 Å². The molecule has 0 aromatic heterocycles. The first kappa shape index (κ1) is 21.5. The molecule has 0 aliphatic heterocycles. The fraction of sp³-hybridized carbons (Fsp3) is 0.526. The summed E-state index contributed by atoms with van der Waals surface area (Å²) in [5, 5.41) is 2.70.